The van der Waals surface area contributed by atoms with Crippen molar-refractivity contribution in [3.63, 3.8) is 0 Å². The zero-order valence-electron chi connectivity index (χ0n) is 11.6. The lowest BCUT2D eigenvalue weighted by Crippen LogP contribution is -2.28. The van der Waals surface area contributed by atoms with Crippen LogP contribution in [0.5, 0.6) is 5.75 Å². The summed E-state index contributed by atoms with van der Waals surface area (Å²) >= 11 is 0. The Kier molecular flexibility index (Phi) is 4.64. The summed E-state index contributed by atoms with van der Waals surface area (Å²) in [6.45, 7) is 0.887. The van der Waals surface area contributed by atoms with Crippen molar-refractivity contribution in [2.24, 2.45) is 0 Å². The molecular formula is C13H12F3NO5S. The molecule has 1 aliphatic heterocycles. The molecule has 2 rings (SSSR count). The highest BCUT2D eigenvalue weighted by Crippen LogP contribution is 2.32. The van der Waals surface area contributed by atoms with Gasteiger partial charge in [-0.1, -0.05) is 6.07 Å². The Bertz CT molecular complexity index is 717. The first-order valence-corrected chi connectivity index (χ1v) is 7.88. The monoisotopic (exact) mass is 351 g/mol. The fourth-order valence-corrected chi connectivity index (χ4v) is 2.84. The average Bonchev–Trinajstić information content (AvgIpc) is 2.94. The zero-order chi connectivity index (χ0) is 17.3. The fraction of sp³-hybridized carbons (Fsp3) is 0.385. The summed E-state index contributed by atoms with van der Waals surface area (Å²) in [5.41, 5.74) is -5.00. The van der Waals surface area contributed by atoms with Crippen molar-refractivity contribution < 1.29 is 35.4 Å². The van der Waals surface area contributed by atoms with Crippen LogP contribution in [-0.2, 0) is 14.9 Å². The predicted molar refractivity (Wildman–Crippen MR) is 72.4 cm³/mol. The van der Waals surface area contributed by atoms with Gasteiger partial charge < -0.3 is 9.08 Å². The van der Waals surface area contributed by atoms with Gasteiger partial charge in [-0.25, -0.2) is 0 Å². The van der Waals surface area contributed by atoms with Crippen LogP contribution in [-0.4, -0.2) is 44.6 Å². The van der Waals surface area contributed by atoms with E-state index in [1.807, 2.05) is 0 Å². The number of amides is 1. The van der Waals surface area contributed by atoms with Gasteiger partial charge in [-0.15, -0.1) is 0 Å². The predicted octanol–water partition coefficient (Wildman–Crippen LogP) is 1.67. The molecule has 0 N–H and O–H groups in total. The standard InChI is InChI=1S/C13H12F3NO5S/c14-13(15,16)23(20,21)22-11-1-2-12(10(5-11)7-18)9-3-4-17(6-9)8-19/h1-2,5,7-9H,3-4,6H2. The minimum atomic E-state index is -5.79. The highest BCUT2D eigenvalue weighted by atomic mass is 32.2. The SMILES string of the molecule is O=Cc1cc(OS(=O)(=O)C(F)(F)F)ccc1C1CCN(C=O)C1. The van der Waals surface area contributed by atoms with Gasteiger partial charge in [0.1, 0.15) is 12.0 Å². The molecule has 1 amide bonds. The van der Waals surface area contributed by atoms with E-state index in [2.05, 4.69) is 4.18 Å². The van der Waals surface area contributed by atoms with Crippen molar-refractivity contribution in [3.05, 3.63) is 29.3 Å². The zero-order valence-corrected chi connectivity index (χ0v) is 12.4. The van der Waals surface area contributed by atoms with E-state index >= 15 is 0 Å². The number of rotatable bonds is 5. The minimum Gasteiger partial charge on any atom is -0.376 e. The summed E-state index contributed by atoms with van der Waals surface area (Å²) in [5.74, 6) is -0.743. The van der Waals surface area contributed by atoms with Crippen LogP contribution >= 0.6 is 0 Å². The van der Waals surface area contributed by atoms with Crippen LogP contribution in [0.15, 0.2) is 18.2 Å². The number of nitrogens with zero attached hydrogens (tertiary/aromatic N) is 1. The maximum Gasteiger partial charge on any atom is 0.534 e. The average molecular weight is 351 g/mol. The van der Waals surface area contributed by atoms with Gasteiger partial charge in [0, 0.05) is 24.6 Å². The van der Waals surface area contributed by atoms with Crippen molar-refractivity contribution >= 4 is 22.8 Å². The van der Waals surface area contributed by atoms with Crippen LogP contribution < -0.4 is 4.18 Å². The Morgan fingerprint density at radius 3 is 2.48 bits per heavy atom. The number of alkyl halides is 3. The number of benzene rings is 1. The molecule has 10 heteroatoms. The maximum absolute atomic E-state index is 12.3. The van der Waals surface area contributed by atoms with E-state index < -0.39 is 21.4 Å². The summed E-state index contributed by atoms with van der Waals surface area (Å²) in [4.78, 5) is 23.4. The lowest BCUT2D eigenvalue weighted by Gasteiger charge is -2.15. The highest BCUT2D eigenvalue weighted by molar-refractivity contribution is 7.88. The molecule has 1 unspecified atom stereocenters. The van der Waals surface area contributed by atoms with E-state index in [1.165, 1.54) is 11.0 Å². The first-order valence-electron chi connectivity index (χ1n) is 6.47. The summed E-state index contributed by atoms with van der Waals surface area (Å²) < 4.78 is 62.8. The van der Waals surface area contributed by atoms with Gasteiger partial charge in [-0.3, -0.25) is 9.59 Å². The first-order chi connectivity index (χ1) is 10.7. The van der Waals surface area contributed by atoms with Gasteiger partial charge in [0.15, 0.2) is 0 Å². The van der Waals surface area contributed by atoms with Gasteiger partial charge in [-0.2, -0.15) is 21.6 Å². The number of carbonyl (C=O) groups excluding carboxylic acids is 2. The molecule has 1 aromatic rings. The van der Waals surface area contributed by atoms with Gasteiger partial charge in [0.2, 0.25) is 6.41 Å². The topological polar surface area (TPSA) is 80.8 Å². The number of aldehydes is 1. The Morgan fingerprint density at radius 1 is 1.26 bits per heavy atom. The molecular weight excluding hydrogens is 339 g/mol. The number of halogens is 3. The van der Waals surface area contributed by atoms with E-state index in [-0.39, 0.29) is 11.5 Å². The lowest BCUT2D eigenvalue weighted by molar-refractivity contribution is -0.117. The van der Waals surface area contributed by atoms with Crippen molar-refractivity contribution in [2.75, 3.05) is 13.1 Å². The van der Waals surface area contributed by atoms with E-state index in [0.29, 0.717) is 37.8 Å². The Morgan fingerprint density at radius 2 is 1.96 bits per heavy atom. The molecule has 0 aromatic heterocycles. The summed E-state index contributed by atoms with van der Waals surface area (Å²) in [6.07, 6.45) is 1.68. The second-order valence-electron chi connectivity index (χ2n) is 4.98. The normalized spacial score (nSPS) is 18.7. The lowest BCUT2D eigenvalue weighted by atomic mass is 9.94. The molecule has 1 aliphatic rings. The van der Waals surface area contributed by atoms with Crippen molar-refractivity contribution in [1.82, 2.24) is 4.90 Å². The second-order valence-corrected chi connectivity index (χ2v) is 6.52. The van der Waals surface area contributed by atoms with Crippen LogP contribution in [0.2, 0.25) is 0 Å². The third-order valence-corrected chi connectivity index (χ3v) is 4.46. The number of likely N-dealkylation sites (tertiary alicyclic amines) is 1. The van der Waals surface area contributed by atoms with E-state index in [4.69, 9.17) is 0 Å². The number of hydrogen-bond acceptors (Lipinski definition) is 5. The molecule has 1 saturated heterocycles. The second kappa shape index (κ2) is 6.19. The van der Waals surface area contributed by atoms with Crippen molar-refractivity contribution in [2.45, 2.75) is 17.8 Å². The first kappa shape index (κ1) is 17.3. The Hall–Kier alpha value is -2.10. The molecule has 1 heterocycles. The quantitative estimate of drug-likeness (QED) is 0.458. The minimum absolute atomic E-state index is 0.0256. The summed E-state index contributed by atoms with van der Waals surface area (Å²) in [7, 11) is -5.79. The number of carbonyl (C=O) groups is 2. The molecule has 0 aliphatic carbocycles. The smallest absolute Gasteiger partial charge is 0.376 e. The van der Waals surface area contributed by atoms with Gasteiger partial charge in [0.05, 0.1) is 0 Å². The van der Waals surface area contributed by atoms with Crippen LogP contribution in [0.25, 0.3) is 0 Å². The fourth-order valence-electron chi connectivity index (χ4n) is 2.39. The molecule has 1 aromatic carbocycles. The van der Waals surface area contributed by atoms with Gasteiger partial charge in [-0.05, 0) is 24.1 Å². The molecule has 1 fully saturated rings. The van der Waals surface area contributed by atoms with Crippen LogP contribution in [0.3, 0.4) is 0 Å². The highest BCUT2D eigenvalue weighted by Gasteiger charge is 2.48. The summed E-state index contributed by atoms with van der Waals surface area (Å²) in [5, 5.41) is 0. The number of hydrogen-bond donors (Lipinski definition) is 0. The molecule has 1 atom stereocenters. The molecule has 126 valence electrons. The van der Waals surface area contributed by atoms with Gasteiger partial charge in [0.25, 0.3) is 0 Å². The largest absolute Gasteiger partial charge is 0.534 e. The van der Waals surface area contributed by atoms with Gasteiger partial charge >= 0.3 is 15.6 Å². The molecule has 0 radical (unpaired) electrons. The van der Waals surface area contributed by atoms with Crippen LogP contribution in [0.4, 0.5) is 13.2 Å². The van der Waals surface area contributed by atoms with Crippen LogP contribution in [0.1, 0.15) is 28.3 Å². The van der Waals surface area contributed by atoms with Crippen molar-refractivity contribution in [3.8, 4) is 5.75 Å². The third kappa shape index (κ3) is 3.63. The third-order valence-electron chi connectivity index (χ3n) is 3.48. The van der Waals surface area contributed by atoms with E-state index in [9.17, 15) is 31.2 Å². The maximum atomic E-state index is 12.3. The van der Waals surface area contributed by atoms with Crippen molar-refractivity contribution in [1.29, 1.82) is 0 Å². The molecule has 23 heavy (non-hydrogen) atoms. The molecule has 0 saturated carbocycles. The van der Waals surface area contributed by atoms with E-state index in [1.54, 1.807) is 0 Å². The van der Waals surface area contributed by atoms with Crippen LogP contribution in [0, 0.1) is 0 Å². The molecule has 6 nitrogen and oxygen atoms in total. The Labute approximate surface area is 130 Å². The molecule has 0 bridgehead atoms. The Balaban J connectivity index is 2.27. The van der Waals surface area contributed by atoms with E-state index in [0.717, 1.165) is 12.1 Å². The summed E-state index contributed by atoms with van der Waals surface area (Å²) in [6, 6.07) is 3.33. The molecule has 0 spiro atoms.